The highest BCUT2D eigenvalue weighted by Crippen LogP contribution is 2.23. The molecule has 0 unspecified atom stereocenters. The second kappa shape index (κ2) is 7.19. The highest BCUT2D eigenvalue weighted by atomic mass is 19.1. The second-order valence-electron chi connectivity index (χ2n) is 6.41. The second-order valence-corrected chi connectivity index (χ2v) is 6.41. The van der Waals surface area contributed by atoms with Crippen LogP contribution in [0.4, 0.5) is 4.39 Å². The number of hydrogen-bond acceptors (Lipinski definition) is 5. The number of benzene rings is 1. The van der Waals surface area contributed by atoms with E-state index in [-0.39, 0.29) is 23.6 Å². The lowest BCUT2D eigenvalue weighted by atomic mass is 10.2. The summed E-state index contributed by atoms with van der Waals surface area (Å²) >= 11 is 0. The fraction of sp³-hybridized carbons (Fsp3) is 0.100. The Kier molecular flexibility index (Phi) is 4.55. The largest absolute Gasteiger partial charge is 0.463 e. The van der Waals surface area contributed by atoms with Crippen LogP contribution in [0.3, 0.4) is 0 Å². The van der Waals surface area contributed by atoms with E-state index in [0.717, 1.165) is 0 Å². The van der Waals surface area contributed by atoms with Gasteiger partial charge in [0.05, 0.1) is 6.26 Å². The molecule has 2 amide bonds. The van der Waals surface area contributed by atoms with Gasteiger partial charge in [0.2, 0.25) is 0 Å². The van der Waals surface area contributed by atoms with Gasteiger partial charge >= 0.3 is 0 Å². The summed E-state index contributed by atoms with van der Waals surface area (Å²) in [7, 11) is 1.56. The summed E-state index contributed by atoms with van der Waals surface area (Å²) in [4.78, 5) is 34.6. The van der Waals surface area contributed by atoms with Crippen molar-refractivity contribution in [3.63, 3.8) is 0 Å². The van der Waals surface area contributed by atoms with E-state index in [4.69, 9.17) is 10.2 Å². The summed E-state index contributed by atoms with van der Waals surface area (Å²) in [6, 6.07) is 11.1. The highest BCUT2D eigenvalue weighted by molar-refractivity contribution is 5.99. The molecule has 146 valence electrons. The van der Waals surface area contributed by atoms with Gasteiger partial charge in [0.15, 0.2) is 17.1 Å². The maximum atomic E-state index is 14.0. The number of primary amides is 1. The zero-order chi connectivity index (χ0) is 20.5. The standard InChI is InChI=1S/C20H16FN5O3/c1-25(10-12-5-2-3-6-13(12)21)20(28)15-9-14(16-7-4-8-29-16)24-19-17(18(22)27)23-11-26(15)19/h2-9,11H,10H2,1H3,(H2,22,27). The lowest BCUT2D eigenvalue weighted by Crippen LogP contribution is -2.28. The molecule has 0 spiro atoms. The molecule has 4 aromatic rings. The molecule has 0 aliphatic rings. The minimum atomic E-state index is -0.769. The van der Waals surface area contributed by atoms with Gasteiger partial charge in [-0.25, -0.2) is 14.4 Å². The summed E-state index contributed by atoms with van der Waals surface area (Å²) in [6.45, 7) is 0.0583. The summed E-state index contributed by atoms with van der Waals surface area (Å²) in [6.07, 6.45) is 2.77. The van der Waals surface area contributed by atoms with E-state index in [2.05, 4.69) is 9.97 Å². The van der Waals surface area contributed by atoms with Gasteiger partial charge in [-0.1, -0.05) is 18.2 Å². The molecule has 4 rings (SSSR count). The van der Waals surface area contributed by atoms with Crippen molar-refractivity contribution in [1.82, 2.24) is 19.3 Å². The maximum absolute atomic E-state index is 14.0. The number of aromatic nitrogens is 3. The highest BCUT2D eigenvalue weighted by Gasteiger charge is 2.22. The Hall–Kier alpha value is -4.01. The predicted molar refractivity (Wildman–Crippen MR) is 101 cm³/mol. The molecule has 9 heteroatoms. The number of carbonyl (C=O) groups excluding carboxylic acids is 2. The summed E-state index contributed by atoms with van der Waals surface area (Å²) in [5.41, 5.74) is 6.35. The van der Waals surface area contributed by atoms with Gasteiger partial charge in [-0.05, 0) is 24.3 Å². The van der Waals surface area contributed by atoms with Gasteiger partial charge in [-0.3, -0.25) is 14.0 Å². The van der Waals surface area contributed by atoms with Crippen molar-refractivity contribution >= 4 is 17.5 Å². The Labute approximate surface area is 164 Å². The zero-order valence-corrected chi connectivity index (χ0v) is 15.4. The minimum absolute atomic E-state index is 0.0583. The van der Waals surface area contributed by atoms with Crippen LogP contribution in [0.5, 0.6) is 0 Å². The average molecular weight is 393 g/mol. The molecule has 0 radical (unpaired) electrons. The van der Waals surface area contributed by atoms with E-state index in [1.165, 1.54) is 34.0 Å². The topological polar surface area (TPSA) is 107 Å². The van der Waals surface area contributed by atoms with Crippen molar-refractivity contribution in [2.75, 3.05) is 7.05 Å². The SMILES string of the molecule is CN(Cc1ccccc1F)C(=O)c1cc(-c2ccco2)nc2c(C(N)=O)ncn12. The summed E-state index contributed by atoms with van der Waals surface area (Å²) in [5.74, 6) is -1.17. The number of hydrogen-bond donors (Lipinski definition) is 1. The Morgan fingerprint density at radius 3 is 2.72 bits per heavy atom. The van der Waals surface area contributed by atoms with Crippen molar-refractivity contribution in [1.29, 1.82) is 0 Å². The summed E-state index contributed by atoms with van der Waals surface area (Å²) in [5, 5.41) is 0. The minimum Gasteiger partial charge on any atom is -0.463 e. The molecule has 0 aliphatic heterocycles. The number of furan rings is 1. The fourth-order valence-corrected chi connectivity index (χ4v) is 3.01. The first-order valence-electron chi connectivity index (χ1n) is 8.66. The van der Waals surface area contributed by atoms with E-state index in [0.29, 0.717) is 17.0 Å². The molecule has 0 saturated heterocycles. The molecule has 8 nitrogen and oxygen atoms in total. The van der Waals surface area contributed by atoms with Crippen LogP contribution in [0.2, 0.25) is 0 Å². The number of carbonyl (C=O) groups is 2. The quantitative estimate of drug-likeness (QED) is 0.561. The number of amides is 2. The van der Waals surface area contributed by atoms with Crippen LogP contribution in [0.25, 0.3) is 17.1 Å². The molecule has 0 bridgehead atoms. The molecule has 3 heterocycles. The zero-order valence-electron chi connectivity index (χ0n) is 15.4. The molecule has 0 fully saturated rings. The van der Waals surface area contributed by atoms with E-state index in [1.807, 2.05) is 0 Å². The number of nitrogens with two attached hydrogens (primary N) is 1. The van der Waals surface area contributed by atoms with Gasteiger partial charge in [-0.15, -0.1) is 0 Å². The normalized spacial score (nSPS) is 11.0. The number of fused-ring (bicyclic) bond motifs is 1. The molecule has 2 N–H and O–H groups in total. The Morgan fingerprint density at radius 1 is 1.24 bits per heavy atom. The van der Waals surface area contributed by atoms with Crippen molar-refractivity contribution in [3.05, 3.63) is 77.8 Å². The predicted octanol–water partition coefficient (Wildman–Crippen LogP) is 2.50. The van der Waals surface area contributed by atoms with E-state index >= 15 is 0 Å². The van der Waals surface area contributed by atoms with Crippen LogP contribution in [0.15, 0.2) is 59.5 Å². The third-order valence-corrected chi connectivity index (χ3v) is 4.44. The van der Waals surface area contributed by atoms with Crippen LogP contribution < -0.4 is 5.73 Å². The smallest absolute Gasteiger partial charge is 0.271 e. The van der Waals surface area contributed by atoms with E-state index in [9.17, 15) is 14.0 Å². The van der Waals surface area contributed by atoms with Crippen LogP contribution in [-0.2, 0) is 6.54 Å². The van der Waals surface area contributed by atoms with Crippen molar-refractivity contribution < 1.29 is 18.4 Å². The van der Waals surface area contributed by atoms with Crippen LogP contribution in [0, 0.1) is 5.82 Å². The molecule has 29 heavy (non-hydrogen) atoms. The first-order chi connectivity index (χ1) is 14.0. The molecule has 0 atom stereocenters. The Balaban J connectivity index is 1.80. The first-order valence-corrected chi connectivity index (χ1v) is 8.66. The molecule has 1 aromatic carbocycles. The fourth-order valence-electron chi connectivity index (χ4n) is 3.01. The van der Waals surface area contributed by atoms with Gasteiger partial charge < -0.3 is 15.1 Å². The lowest BCUT2D eigenvalue weighted by molar-refractivity contribution is 0.0776. The number of imidazole rings is 1. The van der Waals surface area contributed by atoms with Crippen LogP contribution >= 0.6 is 0 Å². The van der Waals surface area contributed by atoms with Crippen molar-refractivity contribution in [2.45, 2.75) is 6.54 Å². The van der Waals surface area contributed by atoms with Gasteiger partial charge in [-0.2, -0.15) is 0 Å². The molecule has 0 aliphatic carbocycles. The van der Waals surface area contributed by atoms with E-state index < -0.39 is 17.6 Å². The molecular formula is C20H16FN5O3. The maximum Gasteiger partial charge on any atom is 0.271 e. The third kappa shape index (κ3) is 3.33. The number of halogens is 1. The third-order valence-electron chi connectivity index (χ3n) is 4.44. The Morgan fingerprint density at radius 2 is 2.03 bits per heavy atom. The molecule has 3 aromatic heterocycles. The average Bonchev–Trinajstić information content (AvgIpc) is 3.38. The van der Waals surface area contributed by atoms with Gasteiger partial charge in [0.25, 0.3) is 11.8 Å². The summed E-state index contributed by atoms with van der Waals surface area (Å²) < 4.78 is 20.7. The first kappa shape index (κ1) is 18.4. The van der Waals surface area contributed by atoms with Crippen molar-refractivity contribution in [3.8, 4) is 11.5 Å². The van der Waals surface area contributed by atoms with Gasteiger partial charge in [0, 0.05) is 19.2 Å². The van der Waals surface area contributed by atoms with Gasteiger partial charge in [0.1, 0.15) is 23.5 Å². The van der Waals surface area contributed by atoms with Crippen LogP contribution in [0.1, 0.15) is 26.5 Å². The van der Waals surface area contributed by atoms with E-state index in [1.54, 1.807) is 37.4 Å². The molecule has 0 saturated carbocycles. The number of rotatable bonds is 5. The Bertz CT molecular complexity index is 1220. The lowest BCUT2D eigenvalue weighted by Gasteiger charge is -2.18. The van der Waals surface area contributed by atoms with Crippen LogP contribution in [-0.4, -0.2) is 38.1 Å². The number of nitrogens with zero attached hydrogens (tertiary/aromatic N) is 4. The molecular weight excluding hydrogens is 377 g/mol. The monoisotopic (exact) mass is 393 g/mol. The van der Waals surface area contributed by atoms with Crippen molar-refractivity contribution in [2.24, 2.45) is 5.73 Å².